The van der Waals surface area contributed by atoms with Crippen molar-refractivity contribution in [3.8, 4) is 0 Å². The van der Waals surface area contributed by atoms with E-state index in [4.69, 9.17) is 0 Å². The van der Waals surface area contributed by atoms with E-state index in [1.807, 2.05) is 60.7 Å². The van der Waals surface area contributed by atoms with Gasteiger partial charge in [-0.15, -0.1) is 12.4 Å². The van der Waals surface area contributed by atoms with E-state index >= 15 is 0 Å². The second-order valence-electron chi connectivity index (χ2n) is 8.35. The van der Waals surface area contributed by atoms with Crippen molar-refractivity contribution < 1.29 is 9.59 Å². The zero-order chi connectivity index (χ0) is 20.3. The van der Waals surface area contributed by atoms with Crippen LogP contribution in [0.25, 0.3) is 0 Å². The summed E-state index contributed by atoms with van der Waals surface area (Å²) in [7, 11) is 1.77. The zero-order valence-corrected chi connectivity index (χ0v) is 18.2. The summed E-state index contributed by atoms with van der Waals surface area (Å²) in [5, 5.41) is 6.47. The fourth-order valence-corrected chi connectivity index (χ4v) is 4.53. The van der Waals surface area contributed by atoms with Crippen molar-refractivity contribution in [1.29, 1.82) is 0 Å². The highest BCUT2D eigenvalue weighted by atomic mass is 35.5. The van der Waals surface area contributed by atoms with Gasteiger partial charge in [0.25, 0.3) is 0 Å². The molecule has 1 heterocycles. The van der Waals surface area contributed by atoms with E-state index < -0.39 is 6.04 Å². The largest absolute Gasteiger partial charge is 0.344 e. The zero-order valence-electron chi connectivity index (χ0n) is 17.3. The molecule has 2 N–H and O–H groups in total. The van der Waals surface area contributed by atoms with E-state index in [9.17, 15) is 9.59 Å². The van der Waals surface area contributed by atoms with Gasteiger partial charge < -0.3 is 15.5 Å². The van der Waals surface area contributed by atoms with Crippen molar-refractivity contribution in [3.63, 3.8) is 0 Å². The normalized spacial score (nSPS) is 20.0. The van der Waals surface area contributed by atoms with Gasteiger partial charge in [-0.05, 0) is 55.5 Å². The average Bonchev–Trinajstić information content (AvgIpc) is 3.46. The summed E-state index contributed by atoms with van der Waals surface area (Å²) >= 11 is 0. The Morgan fingerprint density at radius 2 is 1.67 bits per heavy atom. The number of carbonyl (C=O) groups is 2. The van der Waals surface area contributed by atoms with Gasteiger partial charge in [-0.3, -0.25) is 9.59 Å². The smallest absolute Gasteiger partial charge is 0.249 e. The second kappa shape index (κ2) is 9.63. The monoisotopic (exact) mass is 427 g/mol. The van der Waals surface area contributed by atoms with E-state index in [0.717, 1.165) is 43.6 Å². The quantitative estimate of drug-likeness (QED) is 0.744. The van der Waals surface area contributed by atoms with Gasteiger partial charge in [0.1, 0.15) is 6.04 Å². The molecule has 1 aliphatic carbocycles. The lowest BCUT2D eigenvalue weighted by molar-refractivity contribution is -0.128. The number of nitrogens with zero attached hydrogens (tertiary/aromatic N) is 1. The number of piperidine rings is 1. The van der Waals surface area contributed by atoms with Crippen molar-refractivity contribution in [2.45, 2.75) is 31.7 Å². The van der Waals surface area contributed by atoms with Gasteiger partial charge in [-0.1, -0.05) is 48.5 Å². The number of amides is 2. The molecule has 2 aromatic carbocycles. The summed E-state index contributed by atoms with van der Waals surface area (Å²) in [5.41, 5.74) is 2.02. The molecule has 2 aliphatic rings. The summed E-state index contributed by atoms with van der Waals surface area (Å²) in [4.78, 5) is 28.0. The third-order valence-electron chi connectivity index (χ3n) is 6.48. The third-order valence-corrected chi connectivity index (χ3v) is 6.48. The first kappa shape index (κ1) is 22.3. The molecule has 0 radical (unpaired) electrons. The molecule has 0 aromatic heterocycles. The Morgan fingerprint density at radius 1 is 1.07 bits per heavy atom. The van der Waals surface area contributed by atoms with E-state index in [2.05, 4.69) is 10.6 Å². The Morgan fingerprint density at radius 3 is 2.30 bits per heavy atom. The fraction of sp³-hybridized carbons (Fsp3) is 0.417. The molecule has 1 spiro atoms. The molecule has 2 aromatic rings. The van der Waals surface area contributed by atoms with Crippen LogP contribution in [0.15, 0.2) is 60.7 Å². The third kappa shape index (κ3) is 4.85. The molecule has 1 unspecified atom stereocenters. The summed E-state index contributed by atoms with van der Waals surface area (Å²) in [6, 6.07) is 18.9. The number of hydrogen-bond acceptors (Lipinski definition) is 3. The molecule has 1 saturated carbocycles. The minimum atomic E-state index is -0.575. The summed E-state index contributed by atoms with van der Waals surface area (Å²) < 4.78 is 0. The molecule has 0 bridgehead atoms. The summed E-state index contributed by atoms with van der Waals surface area (Å²) in [6.07, 6.45) is 3.53. The topological polar surface area (TPSA) is 61.4 Å². The van der Waals surface area contributed by atoms with Gasteiger partial charge >= 0.3 is 0 Å². The van der Waals surface area contributed by atoms with Crippen molar-refractivity contribution in [3.05, 3.63) is 66.2 Å². The van der Waals surface area contributed by atoms with Gasteiger partial charge in [0.2, 0.25) is 11.8 Å². The number of halogens is 1. The molecule has 30 heavy (non-hydrogen) atoms. The van der Waals surface area contributed by atoms with Crippen LogP contribution in [0.1, 0.15) is 24.8 Å². The molecule has 1 aliphatic heterocycles. The van der Waals surface area contributed by atoms with Crippen molar-refractivity contribution in [2.75, 3.05) is 25.0 Å². The molecule has 1 saturated heterocycles. The van der Waals surface area contributed by atoms with Crippen LogP contribution < -0.4 is 15.5 Å². The average molecular weight is 428 g/mol. The Kier molecular flexibility index (Phi) is 7.16. The van der Waals surface area contributed by atoms with Crippen LogP contribution in [0.2, 0.25) is 0 Å². The van der Waals surface area contributed by atoms with Crippen LogP contribution in [0.5, 0.6) is 0 Å². The molecule has 5 nitrogen and oxygen atoms in total. The molecule has 160 valence electrons. The van der Waals surface area contributed by atoms with E-state index in [1.54, 1.807) is 11.9 Å². The van der Waals surface area contributed by atoms with Gasteiger partial charge in [0, 0.05) is 25.1 Å². The number of likely N-dealkylation sites (N-methyl/N-ethyl adjacent to an activating group) is 1. The van der Waals surface area contributed by atoms with Gasteiger partial charge in [0.05, 0.1) is 0 Å². The summed E-state index contributed by atoms with van der Waals surface area (Å²) in [5.74, 6) is -0.0197. The van der Waals surface area contributed by atoms with E-state index in [-0.39, 0.29) is 35.6 Å². The Hall–Kier alpha value is -2.37. The van der Waals surface area contributed by atoms with Gasteiger partial charge in [-0.25, -0.2) is 0 Å². The van der Waals surface area contributed by atoms with Crippen LogP contribution in [0, 0.1) is 11.3 Å². The molecule has 2 fully saturated rings. The fourth-order valence-electron chi connectivity index (χ4n) is 4.53. The Bertz CT molecular complexity index is 853. The number of hydrogen-bond donors (Lipinski definition) is 2. The number of rotatable bonds is 6. The highest BCUT2D eigenvalue weighted by Gasteiger charge is 2.57. The first-order valence-electron chi connectivity index (χ1n) is 10.5. The van der Waals surface area contributed by atoms with Crippen LogP contribution in [-0.2, 0) is 16.0 Å². The van der Waals surface area contributed by atoms with Crippen molar-refractivity contribution >= 4 is 29.9 Å². The number of nitrogens with one attached hydrogen (secondary N) is 2. The van der Waals surface area contributed by atoms with Crippen LogP contribution in [0.4, 0.5) is 5.69 Å². The van der Waals surface area contributed by atoms with E-state index in [0.29, 0.717) is 6.42 Å². The minimum absolute atomic E-state index is 0. The molecular weight excluding hydrogens is 398 g/mol. The first-order valence-corrected chi connectivity index (χ1v) is 10.5. The number of carbonyl (C=O) groups excluding carboxylic acids is 2. The lowest BCUT2D eigenvalue weighted by atomic mass is 9.91. The number of para-hydroxylation sites is 1. The predicted molar refractivity (Wildman–Crippen MR) is 122 cm³/mol. The maximum atomic E-state index is 13.3. The van der Waals surface area contributed by atoms with Crippen LogP contribution in [-0.4, -0.2) is 38.0 Å². The molecular formula is C24H30ClN3O2. The highest BCUT2D eigenvalue weighted by molar-refractivity contribution is 5.99. The molecule has 6 heteroatoms. The minimum Gasteiger partial charge on any atom is -0.344 e. The second-order valence-corrected chi connectivity index (χ2v) is 8.35. The lowest BCUT2D eigenvalue weighted by Gasteiger charge is -2.26. The lowest BCUT2D eigenvalue weighted by Crippen LogP contribution is -2.49. The highest BCUT2D eigenvalue weighted by Crippen LogP contribution is 2.58. The summed E-state index contributed by atoms with van der Waals surface area (Å²) in [6.45, 7) is 1.96. The number of benzene rings is 2. The molecule has 2 amide bonds. The van der Waals surface area contributed by atoms with Gasteiger partial charge in [-0.2, -0.15) is 0 Å². The maximum absolute atomic E-state index is 13.3. The van der Waals surface area contributed by atoms with Crippen LogP contribution in [0.3, 0.4) is 0 Å². The predicted octanol–water partition coefficient (Wildman–Crippen LogP) is 3.19. The molecule has 4 rings (SSSR count). The maximum Gasteiger partial charge on any atom is 0.249 e. The SMILES string of the molecule is CN(C(=O)[C@H](Cc1ccccc1)NC(=O)C1CC12CCNCC2)c1ccccc1.Cl. The Balaban J connectivity index is 0.00000256. The molecule has 2 atom stereocenters. The Labute approximate surface area is 184 Å². The first-order chi connectivity index (χ1) is 14.1. The number of anilines is 1. The van der Waals surface area contributed by atoms with Crippen molar-refractivity contribution in [2.24, 2.45) is 11.3 Å². The van der Waals surface area contributed by atoms with Crippen LogP contribution >= 0.6 is 12.4 Å². The van der Waals surface area contributed by atoms with Gasteiger partial charge in [0.15, 0.2) is 0 Å². The van der Waals surface area contributed by atoms with Crippen molar-refractivity contribution in [1.82, 2.24) is 10.6 Å². The standard InChI is InChI=1S/C24H29N3O2.ClH/c1-27(19-10-6-3-7-11-19)23(29)21(16-18-8-4-2-5-9-18)26-22(28)20-17-24(20)12-14-25-15-13-24;/h2-11,20-21,25H,12-17H2,1H3,(H,26,28);1H/t20?,21-;/m0./s1. The van der Waals surface area contributed by atoms with E-state index in [1.165, 1.54) is 0 Å².